The summed E-state index contributed by atoms with van der Waals surface area (Å²) in [6, 6.07) is 7.87. The summed E-state index contributed by atoms with van der Waals surface area (Å²) in [6.07, 6.45) is 0. The van der Waals surface area contributed by atoms with Gasteiger partial charge >= 0.3 is 0 Å². The molecule has 1 aromatic heterocycles. The van der Waals surface area contributed by atoms with E-state index < -0.39 is 0 Å². The van der Waals surface area contributed by atoms with Crippen molar-refractivity contribution in [2.24, 2.45) is 0 Å². The van der Waals surface area contributed by atoms with Gasteiger partial charge in [-0.3, -0.25) is 0 Å². The van der Waals surface area contributed by atoms with E-state index in [1.807, 2.05) is 24.3 Å². The highest BCUT2D eigenvalue weighted by Gasteiger charge is 2.14. The van der Waals surface area contributed by atoms with Crippen LogP contribution in [-0.4, -0.2) is 25.7 Å². The van der Waals surface area contributed by atoms with Crippen LogP contribution in [0.4, 0.5) is 0 Å². The third-order valence-electron chi connectivity index (χ3n) is 2.39. The molecule has 0 aliphatic heterocycles. The Hall–Kier alpha value is -1.27. The van der Waals surface area contributed by atoms with Gasteiger partial charge in [0.25, 0.3) is 0 Å². The van der Waals surface area contributed by atoms with Gasteiger partial charge in [0.15, 0.2) is 5.82 Å². The molecule has 0 spiro atoms. The van der Waals surface area contributed by atoms with E-state index in [4.69, 9.17) is 0 Å². The Bertz CT molecular complexity index is 529. The molecule has 18 heavy (non-hydrogen) atoms. The predicted octanol–water partition coefficient (Wildman–Crippen LogP) is 2.31. The molecule has 0 bridgehead atoms. The van der Waals surface area contributed by atoms with Crippen LogP contribution in [0.3, 0.4) is 0 Å². The monoisotopic (exact) mass is 309 g/mol. The van der Waals surface area contributed by atoms with Crippen molar-refractivity contribution in [3.8, 4) is 5.69 Å². The van der Waals surface area contributed by atoms with Gasteiger partial charge in [-0.2, -0.15) is 4.68 Å². The van der Waals surface area contributed by atoms with E-state index in [0.29, 0.717) is 6.54 Å². The highest BCUT2D eigenvalue weighted by atomic mass is 79.9. The molecule has 0 saturated heterocycles. The molecule has 1 heterocycles. The number of halogens is 1. The van der Waals surface area contributed by atoms with Gasteiger partial charge < -0.3 is 5.32 Å². The smallest absolute Gasteiger partial charge is 0.170 e. The van der Waals surface area contributed by atoms with Gasteiger partial charge in [0.1, 0.15) is 0 Å². The van der Waals surface area contributed by atoms with Gasteiger partial charge in [0.2, 0.25) is 0 Å². The summed E-state index contributed by atoms with van der Waals surface area (Å²) in [5.74, 6) is 0.789. The van der Waals surface area contributed by atoms with E-state index in [9.17, 15) is 0 Å². The fourth-order valence-corrected chi connectivity index (χ4v) is 1.92. The molecule has 0 atom stereocenters. The molecule has 5 nitrogen and oxygen atoms in total. The van der Waals surface area contributed by atoms with Crippen LogP contribution in [0.25, 0.3) is 5.69 Å². The third-order valence-corrected chi connectivity index (χ3v) is 3.06. The lowest BCUT2D eigenvalue weighted by Gasteiger charge is -2.20. The minimum absolute atomic E-state index is 0.0324. The van der Waals surface area contributed by atoms with Crippen LogP contribution in [0.1, 0.15) is 26.6 Å². The molecule has 96 valence electrons. The van der Waals surface area contributed by atoms with E-state index >= 15 is 0 Å². The molecule has 2 aromatic rings. The molecule has 0 fully saturated rings. The number of tetrazole rings is 1. The standard InChI is InChI=1S/C12H16BrN5/c1-12(2,3)14-8-11-15-16-17-18(11)10-7-5-4-6-9(10)13/h4-7,14H,8H2,1-3H3. The number of nitrogens with one attached hydrogen (secondary N) is 1. The quantitative estimate of drug-likeness (QED) is 0.945. The third kappa shape index (κ3) is 3.14. The number of hydrogen-bond acceptors (Lipinski definition) is 4. The van der Waals surface area contributed by atoms with Crippen LogP contribution in [-0.2, 0) is 6.54 Å². The normalized spacial score (nSPS) is 11.8. The van der Waals surface area contributed by atoms with Crippen LogP contribution in [0, 0.1) is 0 Å². The number of nitrogens with zero attached hydrogens (tertiary/aromatic N) is 4. The number of benzene rings is 1. The zero-order valence-corrected chi connectivity index (χ0v) is 12.3. The first kappa shape index (κ1) is 13.2. The van der Waals surface area contributed by atoms with Crippen molar-refractivity contribution < 1.29 is 0 Å². The Kier molecular flexibility index (Phi) is 3.77. The molecule has 1 aromatic carbocycles. The molecule has 0 saturated carbocycles. The van der Waals surface area contributed by atoms with Crippen molar-refractivity contribution in [3.05, 3.63) is 34.6 Å². The Morgan fingerprint density at radius 3 is 2.67 bits per heavy atom. The SMILES string of the molecule is CC(C)(C)NCc1nnnn1-c1ccccc1Br. The van der Waals surface area contributed by atoms with Crippen LogP contribution in [0.15, 0.2) is 28.7 Å². The molecule has 1 N–H and O–H groups in total. The van der Waals surface area contributed by atoms with Crippen molar-refractivity contribution in [2.45, 2.75) is 32.9 Å². The number of rotatable bonds is 3. The average molecular weight is 310 g/mol. The summed E-state index contributed by atoms with van der Waals surface area (Å²) >= 11 is 3.51. The molecular formula is C12H16BrN5. The fraction of sp³-hybridized carbons (Fsp3) is 0.417. The van der Waals surface area contributed by atoms with Gasteiger partial charge in [0.05, 0.1) is 12.2 Å². The maximum atomic E-state index is 4.06. The van der Waals surface area contributed by atoms with Gasteiger partial charge in [-0.15, -0.1) is 5.10 Å². The zero-order chi connectivity index (χ0) is 13.2. The maximum Gasteiger partial charge on any atom is 0.170 e. The zero-order valence-electron chi connectivity index (χ0n) is 10.7. The highest BCUT2D eigenvalue weighted by Crippen LogP contribution is 2.20. The second-order valence-electron chi connectivity index (χ2n) is 5.06. The van der Waals surface area contributed by atoms with E-state index in [1.54, 1.807) is 4.68 Å². The summed E-state index contributed by atoms with van der Waals surface area (Å²) in [5.41, 5.74) is 0.971. The van der Waals surface area contributed by atoms with Crippen molar-refractivity contribution in [2.75, 3.05) is 0 Å². The van der Waals surface area contributed by atoms with Crippen molar-refractivity contribution in [1.29, 1.82) is 0 Å². The van der Waals surface area contributed by atoms with Crippen LogP contribution in [0.2, 0.25) is 0 Å². The number of aromatic nitrogens is 4. The second-order valence-corrected chi connectivity index (χ2v) is 5.92. The van der Waals surface area contributed by atoms with Gasteiger partial charge in [0, 0.05) is 10.0 Å². The fourth-order valence-electron chi connectivity index (χ4n) is 1.47. The lowest BCUT2D eigenvalue weighted by atomic mass is 10.1. The maximum absolute atomic E-state index is 4.06. The number of para-hydroxylation sites is 1. The largest absolute Gasteiger partial charge is 0.305 e. The van der Waals surface area contributed by atoms with Crippen LogP contribution in [0.5, 0.6) is 0 Å². The summed E-state index contributed by atoms with van der Waals surface area (Å²) in [7, 11) is 0. The van der Waals surface area contributed by atoms with E-state index in [-0.39, 0.29) is 5.54 Å². The minimum atomic E-state index is 0.0324. The summed E-state index contributed by atoms with van der Waals surface area (Å²) < 4.78 is 2.71. The van der Waals surface area contributed by atoms with Crippen LogP contribution >= 0.6 is 15.9 Å². The Balaban J connectivity index is 2.26. The first-order chi connectivity index (χ1) is 8.47. The lowest BCUT2D eigenvalue weighted by Crippen LogP contribution is -2.35. The molecule has 2 rings (SSSR count). The number of hydrogen-bond donors (Lipinski definition) is 1. The Morgan fingerprint density at radius 2 is 2.00 bits per heavy atom. The molecular weight excluding hydrogens is 294 g/mol. The second kappa shape index (κ2) is 5.16. The topological polar surface area (TPSA) is 55.6 Å². The molecule has 0 unspecified atom stereocenters. The van der Waals surface area contributed by atoms with Crippen molar-refractivity contribution >= 4 is 15.9 Å². The minimum Gasteiger partial charge on any atom is -0.305 e. The van der Waals surface area contributed by atoms with Gasteiger partial charge in [-0.1, -0.05) is 12.1 Å². The molecule has 0 amide bonds. The molecule has 0 radical (unpaired) electrons. The molecule has 0 aliphatic rings. The van der Waals surface area contributed by atoms with Crippen LogP contribution < -0.4 is 5.32 Å². The molecule has 6 heteroatoms. The summed E-state index contributed by atoms with van der Waals surface area (Å²) in [4.78, 5) is 0. The molecule has 0 aliphatic carbocycles. The van der Waals surface area contributed by atoms with Gasteiger partial charge in [-0.25, -0.2) is 0 Å². The first-order valence-electron chi connectivity index (χ1n) is 5.74. The van der Waals surface area contributed by atoms with E-state index in [2.05, 4.69) is 57.5 Å². The van der Waals surface area contributed by atoms with E-state index in [1.165, 1.54) is 0 Å². The highest BCUT2D eigenvalue weighted by molar-refractivity contribution is 9.10. The first-order valence-corrected chi connectivity index (χ1v) is 6.54. The van der Waals surface area contributed by atoms with Crippen molar-refractivity contribution in [1.82, 2.24) is 25.5 Å². The summed E-state index contributed by atoms with van der Waals surface area (Å²) in [6.45, 7) is 6.95. The van der Waals surface area contributed by atoms with Crippen molar-refractivity contribution in [3.63, 3.8) is 0 Å². The average Bonchev–Trinajstić information content (AvgIpc) is 2.74. The Labute approximate surface area is 115 Å². The predicted molar refractivity (Wildman–Crippen MR) is 73.4 cm³/mol. The van der Waals surface area contributed by atoms with Gasteiger partial charge in [-0.05, 0) is 59.3 Å². The summed E-state index contributed by atoms with van der Waals surface area (Å²) in [5, 5.41) is 15.2. The Morgan fingerprint density at radius 1 is 1.28 bits per heavy atom. The lowest BCUT2D eigenvalue weighted by molar-refractivity contribution is 0.415. The van der Waals surface area contributed by atoms with E-state index in [0.717, 1.165) is 16.0 Å².